The molecule has 0 aromatic carbocycles. The van der Waals surface area contributed by atoms with Crippen molar-refractivity contribution in [2.24, 2.45) is 10.4 Å². The highest BCUT2D eigenvalue weighted by molar-refractivity contribution is 14.0. The summed E-state index contributed by atoms with van der Waals surface area (Å²) in [5.74, 6) is 0.893. The molecule has 1 atom stereocenters. The zero-order valence-corrected chi connectivity index (χ0v) is 20.4. The summed E-state index contributed by atoms with van der Waals surface area (Å²) in [5, 5.41) is 16.5. The number of hydrogen-bond donors (Lipinski definition) is 3. The van der Waals surface area contributed by atoms with Crippen molar-refractivity contribution in [3.05, 3.63) is 0 Å². The zero-order valence-electron chi connectivity index (χ0n) is 18.1. The van der Waals surface area contributed by atoms with Crippen molar-refractivity contribution in [3.63, 3.8) is 0 Å². The summed E-state index contributed by atoms with van der Waals surface area (Å²) in [6, 6.07) is 0. The number of halogens is 1. The number of aliphatic imine (C=N–C) groups is 1. The molecule has 0 radical (unpaired) electrons. The number of aliphatic hydroxyl groups excluding tert-OH is 1. The van der Waals surface area contributed by atoms with Crippen LogP contribution in [0.15, 0.2) is 4.99 Å². The highest BCUT2D eigenvalue weighted by atomic mass is 127. The van der Waals surface area contributed by atoms with Crippen LogP contribution in [0, 0.1) is 5.41 Å². The van der Waals surface area contributed by atoms with Crippen molar-refractivity contribution in [3.8, 4) is 0 Å². The van der Waals surface area contributed by atoms with Crippen molar-refractivity contribution in [2.45, 2.75) is 57.4 Å². The van der Waals surface area contributed by atoms with E-state index >= 15 is 0 Å². The van der Waals surface area contributed by atoms with E-state index in [-0.39, 0.29) is 41.5 Å². The molecule has 0 aromatic rings. The molecule has 2 aliphatic heterocycles. The lowest BCUT2D eigenvalue weighted by Crippen LogP contribution is -2.60. The van der Waals surface area contributed by atoms with E-state index in [1.54, 1.807) is 0 Å². The second kappa shape index (κ2) is 12.6. The highest BCUT2D eigenvalue weighted by Gasteiger charge is 2.39. The van der Waals surface area contributed by atoms with Crippen LogP contribution in [-0.4, -0.2) is 87.3 Å². The minimum absolute atomic E-state index is 0. The lowest BCUT2D eigenvalue weighted by molar-refractivity contribution is -0.0352. The van der Waals surface area contributed by atoms with Gasteiger partial charge in [-0.25, -0.2) is 0 Å². The first kappa shape index (κ1) is 25.1. The van der Waals surface area contributed by atoms with Crippen LogP contribution < -0.4 is 10.6 Å². The average molecular weight is 524 g/mol. The van der Waals surface area contributed by atoms with Gasteiger partial charge >= 0.3 is 0 Å². The minimum Gasteiger partial charge on any atom is -0.396 e. The van der Waals surface area contributed by atoms with Gasteiger partial charge in [0.2, 0.25) is 0 Å². The van der Waals surface area contributed by atoms with E-state index in [1.165, 1.54) is 32.1 Å². The SMILES string of the molecule is CCNC(=NCC1(CCO)CCOC1)NCC1(N2CCOCC2)CCCCC1.I. The fourth-order valence-corrected chi connectivity index (χ4v) is 4.98. The Labute approximate surface area is 193 Å². The van der Waals surface area contributed by atoms with Gasteiger partial charge in [0.25, 0.3) is 0 Å². The summed E-state index contributed by atoms with van der Waals surface area (Å²) in [7, 11) is 0. The van der Waals surface area contributed by atoms with Crippen LogP contribution in [0.1, 0.15) is 51.9 Å². The van der Waals surface area contributed by atoms with Gasteiger partial charge in [0.05, 0.1) is 26.4 Å². The second-order valence-corrected chi connectivity index (χ2v) is 8.71. The van der Waals surface area contributed by atoms with Crippen LogP contribution in [0.2, 0.25) is 0 Å². The summed E-state index contributed by atoms with van der Waals surface area (Å²) >= 11 is 0. The van der Waals surface area contributed by atoms with Crippen molar-refractivity contribution in [1.82, 2.24) is 15.5 Å². The van der Waals surface area contributed by atoms with Gasteiger partial charge in [-0.2, -0.15) is 0 Å². The lowest BCUT2D eigenvalue weighted by Gasteiger charge is -2.48. The van der Waals surface area contributed by atoms with Crippen molar-refractivity contribution in [1.29, 1.82) is 0 Å². The third-order valence-electron chi connectivity index (χ3n) is 6.79. The predicted molar refractivity (Wildman–Crippen MR) is 127 cm³/mol. The van der Waals surface area contributed by atoms with Crippen LogP contribution in [0.4, 0.5) is 0 Å². The molecule has 2 saturated heterocycles. The molecule has 3 rings (SSSR count). The topological polar surface area (TPSA) is 78.4 Å². The van der Waals surface area contributed by atoms with Crippen LogP contribution >= 0.6 is 24.0 Å². The third kappa shape index (κ3) is 6.92. The van der Waals surface area contributed by atoms with Crippen molar-refractivity contribution in [2.75, 3.05) is 65.8 Å². The zero-order chi connectivity index (χ0) is 19.7. The number of ether oxygens (including phenoxy) is 2. The fourth-order valence-electron chi connectivity index (χ4n) is 4.98. The molecular formula is C21H41IN4O3. The Balaban J connectivity index is 0.00000300. The molecule has 1 unspecified atom stereocenters. The van der Waals surface area contributed by atoms with Gasteiger partial charge < -0.3 is 25.2 Å². The summed E-state index contributed by atoms with van der Waals surface area (Å²) in [6.07, 6.45) is 8.21. The summed E-state index contributed by atoms with van der Waals surface area (Å²) in [6.45, 7) is 10.0. The maximum atomic E-state index is 9.46. The molecule has 0 bridgehead atoms. The number of hydrogen-bond acceptors (Lipinski definition) is 5. The molecule has 2 heterocycles. The summed E-state index contributed by atoms with van der Waals surface area (Å²) < 4.78 is 11.2. The molecule has 8 heteroatoms. The molecule has 3 N–H and O–H groups in total. The monoisotopic (exact) mass is 524 g/mol. The first-order chi connectivity index (χ1) is 13.7. The first-order valence-corrected chi connectivity index (χ1v) is 11.3. The molecule has 1 saturated carbocycles. The van der Waals surface area contributed by atoms with E-state index in [0.29, 0.717) is 13.2 Å². The van der Waals surface area contributed by atoms with E-state index in [4.69, 9.17) is 14.5 Å². The number of nitrogens with one attached hydrogen (secondary N) is 2. The van der Waals surface area contributed by atoms with Crippen LogP contribution in [-0.2, 0) is 9.47 Å². The van der Waals surface area contributed by atoms with Crippen LogP contribution in [0.3, 0.4) is 0 Å². The largest absolute Gasteiger partial charge is 0.396 e. The third-order valence-corrected chi connectivity index (χ3v) is 6.79. The molecule has 0 spiro atoms. The van der Waals surface area contributed by atoms with Crippen molar-refractivity contribution >= 4 is 29.9 Å². The Morgan fingerprint density at radius 2 is 1.79 bits per heavy atom. The molecule has 3 aliphatic rings. The van der Waals surface area contributed by atoms with Gasteiger partial charge in [-0.15, -0.1) is 24.0 Å². The van der Waals surface area contributed by atoms with Crippen molar-refractivity contribution < 1.29 is 14.6 Å². The van der Waals surface area contributed by atoms with Gasteiger partial charge in [-0.1, -0.05) is 19.3 Å². The Kier molecular flexibility index (Phi) is 10.9. The van der Waals surface area contributed by atoms with Gasteiger partial charge in [0, 0.05) is 50.3 Å². The number of aliphatic hydroxyl groups is 1. The van der Waals surface area contributed by atoms with Gasteiger partial charge in [0.15, 0.2) is 5.96 Å². The average Bonchev–Trinajstić information content (AvgIpc) is 3.20. The van der Waals surface area contributed by atoms with Crippen LogP contribution in [0.5, 0.6) is 0 Å². The van der Waals surface area contributed by atoms with Gasteiger partial charge in [-0.05, 0) is 32.6 Å². The predicted octanol–water partition coefficient (Wildman–Crippen LogP) is 1.98. The van der Waals surface area contributed by atoms with Crippen LogP contribution in [0.25, 0.3) is 0 Å². The molecule has 0 amide bonds. The second-order valence-electron chi connectivity index (χ2n) is 8.71. The highest BCUT2D eigenvalue weighted by Crippen LogP contribution is 2.34. The minimum atomic E-state index is -0.0101. The maximum Gasteiger partial charge on any atom is 0.191 e. The Hall–Kier alpha value is -0.160. The quantitative estimate of drug-likeness (QED) is 0.256. The van der Waals surface area contributed by atoms with E-state index in [1.807, 2.05) is 0 Å². The fraction of sp³-hybridized carbons (Fsp3) is 0.952. The summed E-state index contributed by atoms with van der Waals surface area (Å²) in [4.78, 5) is 7.56. The number of guanidine groups is 1. The molecular weight excluding hydrogens is 483 g/mol. The summed E-state index contributed by atoms with van der Waals surface area (Å²) in [5.41, 5.74) is 0.210. The smallest absolute Gasteiger partial charge is 0.191 e. The number of nitrogens with zero attached hydrogens (tertiary/aromatic N) is 2. The number of rotatable bonds is 8. The molecule has 0 aromatic heterocycles. The molecule has 29 heavy (non-hydrogen) atoms. The molecule has 3 fully saturated rings. The first-order valence-electron chi connectivity index (χ1n) is 11.3. The Bertz CT molecular complexity index is 488. The van der Waals surface area contributed by atoms with Gasteiger partial charge in [0.1, 0.15) is 0 Å². The van der Waals surface area contributed by atoms with E-state index in [9.17, 15) is 5.11 Å². The van der Waals surface area contributed by atoms with E-state index in [2.05, 4.69) is 22.5 Å². The van der Waals surface area contributed by atoms with E-state index in [0.717, 1.165) is 64.8 Å². The molecule has 7 nitrogen and oxygen atoms in total. The maximum absolute atomic E-state index is 9.46. The number of morpholine rings is 1. The van der Waals surface area contributed by atoms with E-state index < -0.39 is 0 Å². The standard InChI is InChI=1S/C21H40N4O3.HI/c1-2-22-19(23-16-20(8-12-26)9-13-28-18-20)24-17-21(6-4-3-5-7-21)25-10-14-27-15-11-25;/h26H,2-18H2,1H3,(H2,22,23,24);1H. The Morgan fingerprint density at radius 1 is 1.03 bits per heavy atom. The van der Waals surface area contributed by atoms with Gasteiger partial charge in [-0.3, -0.25) is 9.89 Å². The normalized spacial score (nSPS) is 28.0. The molecule has 1 aliphatic carbocycles. The molecule has 170 valence electrons. The lowest BCUT2D eigenvalue weighted by atomic mass is 9.79. The Morgan fingerprint density at radius 3 is 2.41 bits per heavy atom.